The van der Waals surface area contributed by atoms with E-state index in [1.54, 1.807) is 30.3 Å². The molecule has 0 radical (unpaired) electrons. The van der Waals surface area contributed by atoms with Crippen LogP contribution in [0.25, 0.3) is 6.08 Å². The molecule has 16 heavy (non-hydrogen) atoms. The maximum Gasteiger partial charge on any atom is 0.294 e. The third-order valence-electron chi connectivity index (χ3n) is 1.98. The van der Waals surface area contributed by atoms with Crippen molar-refractivity contribution >= 4 is 29.4 Å². The first-order valence-corrected chi connectivity index (χ1v) is 4.85. The summed E-state index contributed by atoms with van der Waals surface area (Å²) in [4.78, 5) is 11.3. The Bertz CT molecular complexity index is 526. The lowest BCUT2D eigenvalue weighted by atomic mass is 10.1. The second-order valence-electron chi connectivity index (χ2n) is 3.09. The molecule has 1 N–H and O–H groups in total. The molecule has 1 aliphatic heterocycles. The largest absolute Gasteiger partial charge is 0.426 e. The summed E-state index contributed by atoms with van der Waals surface area (Å²) in [5.74, 6) is -0.191. The fourth-order valence-electron chi connectivity index (χ4n) is 1.23. The van der Waals surface area contributed by atoms with Gasteiger partial charge in [-0.05, 0) is 36.0 Å². The van der Waals surface area contributed by atoms with Crippen LogP contribution in [0.2, 0.25) is 0 Å². The van der Waals surface area contributed by atoms with E-state index in [1.807, 2.05) is 6.07 Å². The highest BCUT2D eigenvalue weighted by molar-refractivity contribution is 7.80. The normalized spacial score (nSPS) is 16.8. The first-order valence-electron chi connectivity index (χ1n) is 4.44. The molecule has 5 heteroatoms. The zero-order valence-corrected chi connectivity index (χ0v) is 8.88. The smallest absolute Gasteiger partial charge is 0.294 e. The number of hydrogen-bond acceptors (Lipinski definition) is 4. The average molecular weight is 230 g/mol. The number of carbonyl (C=O) groups excluding carboxylic acids is 1. The minimum Gasteiger partial charge on any atom is -0.426 e. The molecule has 1 fully saturated rings. The topological polar surface area (TPSA) is 62.1 Å². The van der Waals surface area contributed by atoms with Gasteiger partial charge in [-0.25, -0.2) is 0 Å². The molecule has 1 aromatic carbocycles. The van der Waals surface area contributed by atoms with Crippen molar-refractivity contribution in [2.24, 2.45) is 0 Å². The van der Waals surface area contributed by atoms with Gasteiger partial charge in [0.2, 0.25) is 0 Å². The van der Waals surface area contributed by atoms with Gasteiger partial charge >= 0.3 is 0 Å². The fourth-order valence-corrected chi connectivity index (χ4v) is 1.41. The van der Waals surface area contributed by atoms with Gasteiger partial charge in [-0.3, -0.25) is 10.1 Å². The van der Waals surface area contributed by atoms with Crippen LogP contribution in [0.5, 0.6) is 0 Å². The third kappa shape index (κ3) is 2.07. The predicted octanol–water partition coefficient (Wildman–Crippen LogP) is 1.33. The molecule has 0 spiro atoms. The Morgan fingerprint density at radius 3 is 2.56 bits per heavy atom. The van der Waals surface area contributed by atoms with E-state index in [-0.39, 0.29) is 16.8 Å². The Labute approximate surface area is 97.1 Å². The second-order valence-corrected chi connectivity index (χ2v) is 3.46. The first kappa shape index (κ1) is 10.3. The Balaban J connectivity index is 2.26. The van der Waals surface area contributed by atoms with Crippen LogP contribution in [0.15, 0.2) is 30.0 Å². The minimum atomic E-state index is -0.352. The van der Waals surface area contributed by atoms with Crippen LogP contribution in [0.4, 0.5) is 0 Å². The minimum absolute atomic E-state index is 0.0601. The number of nitrogens with one attached hydrogen (secondary N) is 1. The molecule has 1 heterocycles. The number of thiocarbonyl (C=S) groups is 1. The maximum absolute atomic E-state index is 11.3. The van der Waals surface area contributed by atoms with E-state index >= 15 is 0 Å². The number of benzene rings is 1. The van der Waals surface area contributed by atoms with Crippen molar-refractivity contribution in [1.29, 1.82) is 5.26 Å². The van der Waals surface area contributed by atoms with Crippen LogP contribution in [0, 0.1) is 11.3 Å². The predicted molar refractivity (Wildman–Crippen MR) is 61.0 cm³/mol. The van der Waals surface area contributed by atoms with E-state index in [4.69, 9.17) is 22.2 Å². The van der Waals surface area contributed by atoms with E-state index in [0.29, 0.717) is 5.56 Å². The number of carbonyl (C=O) groups is 1. The number of rotatable bonds is 1. The van der Waals surface area contributed by atoms with Gasteiger partial charge in [0.25, 0.3) is 11.1 Å². The molecule has 0 aliphatic carbocycles. The maximum atomic E-state index is 11.3. The number of amides is 1. The Hall–Kier alpha value is -2.19. The molecular weight excluding hydrogens is 224 g/mol. The molecule has 1 aromatic rings. The highest BCUT2D eigenvalue weighted by atomic mass is 32.1. The van der Waals surface area contributed by atoms with Crippen molar-refractivity contribution in [2.45, 2.75) is 0 Å². The lowest BCUT2D eigenvalue weighted by molar-refractivity contribution is -0.116. The Kier molecular flexibility index (Phi) is 2.66. The summed E-state index contributed by atoms with van der Waals surface area (Å²) in [5, 5.41) is 11.0. The monoisotopic (exact) mass is 230 g/mol. The number of nitriles is 1. The van der Waals surface area contributed by atoms with Gasteiger partial charge in [-0.1, -0.05) is 12.1 Å². The SMILES string of the molecule is N#Cc1ccc(C=C2OC(=S)NC2=O)cc1. The van der Waals surface area contributed by atoms with Gasteiger partial charge < -0.3 is 4.74 Å². The summed E-state index contributed by atoms with van der Waals surface area (Å²) in [5.41, 5.74) is 1.34. The highest BCUT2D eigenvalue weighted by Gasteiger charge is 2.22. The third-order valence-corrected chi connectivity index (χ3v) is 2.16. The van der Waals surface area contributed by atoms with E-state index in [9.17, 15) is 4.79 Å². The number of ether oxygens (including phenoxy) is 1. The van der Waals surface area contributed by atoms with Crippen molar-refractivity contribution < 1.29 is 9.53 Å². The molecule has 78 valence electrons. The van der Waals surface area contributed by atoms with Crippen molar-refractivity contribution in [1.82, 2.24) is 5.32 Å². The van der Waals surface area contributed by atoms with Crippen molar-refractivity contribution in [3.8, 4) is 6.07 Å². The zero-order valence-electron chi connectivity index (χ0n) is 8.06. The van der Waals surface area contributed by atoms with Gasteiger partial charge in [0, 0.05) is 0 Å². The van der Waals surface area contributed by atoms with E-state index < -0.39 is 0 Å². The van der Waals surface area contributed by atoms with E-state index in [2.05, 4.69) is 5.32 Å². The molecule has 1 saturated heterocycles. The molecule has 0 unspecified atom stereocenters. The standard InChI is InChI=1S/C11H6N2O2S/c12-6-8-3-1-7(2-4-8)5-9-10(14)13-11(16)15-9/h1-5H,(H,13,14,16). The van der Waals surface area contributed by atoms with Gasteiger partial charge in [-0.2, -0.15) is 5.26 Å². The lowest BCUT2D eigenvalue weighted by Crippen LogP contribution is -2.18. The van der Waals surface area contributed by atoms with Gasteiger partial charge in [-0.15, -0.1) is 0 Å². The highest BCUT2D eigenvalue weighted by Crippen LogP contribution is 2.13. The molecule has 2 rings (SSSR count). The van der Waals surface area contributed by atoms with Crippen LogP contribution in [-0.2, 0) is 9.53 Å². The van der Waals surface area contributed by atoms with Crippen LogP contribution in [0.1, 0.15) is 11.1 Å². The van der Waals surface area contributed by atoms with Crippen LogP contribution in [-0.4, -0.2) is 11.1 Å². The first-order chi connectivity index (χ1) is 7.69. The summed E-state index contributed by atoms with van der Waals surface area (Å²) in [6.07, 6.45) is 1.57. The fraction of sp³-hybridized carbons (Fsp3) is 0. The molecule has 0 aromatic heterocycles. The van der Waals surface area contributed by atoms with Crippen molar-refractivity contribution in [2.75, 3.05) is 0 Å². The average Bonchev–Trinajstić information content (AvgIpc) is 2.59. The second kappa shape index (κ2) is 4.13. The molecule has 0 bridgehead atoms. The summed E-state index contributed by atoms with van der Waals surface area (Å²) in [7, 11) is 0. The summed E-state index contributed by atoms with van der Waals surface area (Å²) < 4.78 is 5.00. The summed E-state index contributed by atoms with van der Waals surface area (Å²) in [6.45, 7) is 0. The number of hydrogen-bond donors (Lipinski definition) is 1. The van der Waals surface area contributed by atoms with Crippen LogP contribution in [0.3, 0.4) is 0 Å². The van der Waals surface area contributed by atoms with Crippen LogP contribution < -0.4 is 5.32 Å². The molecule has 1 aliphatic rings. The molecule has 0 atom stereocenters. The summed E-state index contributed by atoms with van der Waals surface area (Å²) in [6, 6.07) is 8.79. The molecular formula is C11H6N2O2S. The van der Waals surface area contributed by atoms with Crippen molar-refractivity contribution in [3.63, 3.8) is 0 Å². The zero-order chi connectivity index (χ0) is 11.5. The number of nitrogens with zero attached hydrogens (tertiary/aromatic N) is 1. The molecule has 0 saturated carbocycles. The Morgan fingerprint density at radius 2 is 2.06 bits per heavy atom. The van der Waals surface area contributed by atoms with Crippen molar-refractivity contribution in [3.05, 3.63) is 41.2 Å². The summed E-state index contributed by atoms with van der Waals surface area (Å²) >= 11 is 4.69. The molecule has 4 nitrogen and oxygen atoms in total. The lowest BCUT2D eigenvalue weighted by Gasteiger charge is -1.95. The van der Waals surface area contributed by atoms with Gasteiger partial charge in [0.05, 0.1) is 11.6 Å². The van der Waals surface area contributed by atoms with Gasteiger partial charge in [0.1, 0.15) is 0 Å². The molecule has 1 amide bonds. The van der Waals surface area contributed by atoms with E-state index in [0.717, 1.165) is 5.56 Å². The quantitative estimate of drug-likeness (QED) is 0.584. The Morgan fingerprint density at radius 1 is 1.38 bits per heavy atom. The van der Waals surface area contributed by atoms with E-state index in [1.165, 1.54) is 0 Å². The van der Waals surface area contributed by atoms with Crippen LogP contribution >= 0.6 is 12.2 Å². The van der Waals surface area contributed by atoms with Gasteiger partial charge in [0.15, 0.2) is 5.76 Å².